The third-order valence-corrected chi connectivity index (χ3v) is 12.7. The third-order valence-electron chi connectivity index (χ3n) is 12.7. The quantitative estimate of drug-likeness (QED) is 0.164. The molecule has 0 amide bonds. The molecule has 0 bridgehead atoms. The van der Waals surface area contributed by atoms with Crippen molar-refractivity contribution in [3.8, 4) is 39.1 Å². The Morgan fingerprint density at radius 1 is 0.407 bits per heavy atom. The molecule has 1 aliphatic carbocycles. The van der Waals surface area contributed by atoms with Crippen LogP contribution < -0.4 is 4.90 Å². The number of rotatable bonds is 6. The lowest BCUT2D eigenvalue weighted by Crippen LogP contribution is -2.17. The highest BCUT2D eigenvalue weighted by molar-refractivity contribution is 6.13. The van der Waals surface area contributed by atoms with Crippen LogP contribution in [0.25, 0.3) is 71.6 Å². The van der Waals surface area contributed by atoms with Gasteiger partial charge in [0.25, 0.3) is 0 Å². The highest BCUT2D eigenvalue weighted by atomic mass is 15.1. The maximum absolute atomic E-state index is 2.48. The molecule has 59 heavy (non-hydrogen) atoms. The summed E-state index contributed by atoms with van der Waals surface area (Å²) in [4.78, 5) is 2.44. The summed E-state index contributed by atoms with van der Waals surface area (Å²) in [5.41, 5.74) is 19.6. The monoisotopic (exact) mass is 756 g/mol. The zero-order valence-electron chi connectivity index (χ0n) is 33.9. The zero-order valence-corrected chi connectivity index (χ0v) is 33.9. The van der Waals surface area contributed by atoms with Crippen molar-refractivity contribution in [3.05, 3.63) is 216 Å². The van der Waals surface area contributed by atoms with E-state index < -0.39 is 0 Å². The van der Waals surface area contributed by atoms with Crippen LogP contribution >= 0.6 is 0 Å². The van der Waals surface area contributed by atoms with E-state index in [1.807, 2.05) is 0 Å². The van der Waals surface area contributed by atoms with Gasteiger partial charge in [0, 0.05) is 38.6 Å². The Morgan fingerprint density at radius 2 is 0.915 bits per heavy atom. The minimum Gasteiger partial charge on any atom is -0.310 e. The first kappa shape index (κ1) is 35.0. The van der Waals surface area contributed by atoms with Gasteiger partial charge >= 0.3 is 0 Å². The number of nitrogens with zero attached hydrogens (tertiary/aromatic N) is 2. The highest BCUT2D eigenvalue weighted by Crippen LogP contribution is 2.55. The van der Waals surface area contributed by atoms with E-state index in [2.05, 4.69) is 231 Å². The van der Waals surface area contributed by atoms with Crippen molar-refractivity contribution in [1.82, 2.24) is 4.57 Å². The number of anilines is 3. The van der Waals surface area contributed by atoms with E-state index in [-0.39, 0.29) is 5.41 Å². The minimum atomic E-state index is -0.259. The summed E-state index contributed by atoms with van der Waals surface area (Å²) in [6.45, 7) is 9.13. The van der Waals surface area contributed by atoms with Gasteiger partial charge in [0.1, 0.15) is 0 Å². The van der Waals surface area contributed by atoms with Crippen molar-refractivity contribution < 1.29 is 0 Å². The van der Waals surface area contributed by atoms with Crippen LogP contribution in [-0.2, 0) is 5.41 Å². The molecule has 0 radical (unpaired) electrons. The molecule has 0 saturated carbocycles. The van der Waals surface area contributed by atoms with Gasteiger partial charge in [0.05, 0.1) is 16.7 Å². The zero-order chi connectivity index (χ0) is 39.8. The van der Waals surface area contributed by atoms with Crippen molar-refractivity contribution in [2.45, 2.75) is 33.1 Å². The van der Waals surface area contributed by atoms with Gasteiger partial charge in [-0.05, 0) is 130 Å². The number of benzene rings is 9. The number of aryl methyl sites for hydroxylation is 2. The maximum Gasteiger partial charge on any atom is 0.0543 e. The molecule has 0 fully saturated rings. The summed E-state index contributed by atoms with van der Waals surface area (Å²) in [6, 6.07) is 71.9. The second-order valence-electron chi connectivity index (χ2n) is 16.8. The average Bonchev–Trinajstić information content (AvgIpc) is 3.72. The molecule has 0 aliphatic heterocycles. The second kappa shape index (κ2) is 13.5. The topological polar surface area (TPSA) is 8.17 Å². The van der Waals surface area contributed by atoms with E-state index in [9.17, 15) is 0 Å². The standard InChI is InChI=1S/C57H44N2/c1-37-19-25-43(26-20-37)58(44-27-21-38(2)22-28-44)55-36-52-56(47-18-12-11-17-46(47)55)48-30-29-45(35-51(48)57(52,3)4)59-53-31-23-41(39-13-7-5-8-14-39)33-49(53)50-34-42(24-32-54(50)59)40-15-9-6-10-16-40/h5-36H,1-4H3. The predicted octanol–water partition coefficient (Wildman–Crippen LogP) is 15.7. The van der Waals surface area contributed by atoms with Gasteiger partial charge in [0.2, 0.25) is 0 Å². The van der Waals surface area contributed by atoms with Gasteiger partial charge in [-0.1, -0.05) is 152 Å². The second-order valence-corrected chi connectivity index (χ2v) is 16.8. The summed E-state index contributed by atoms with van der Waals surface area (Å²) in [5.74, 6) is 0. The lowest BCUT2D eigenvalue weighted by atomic mass is 9.81. The molecular weight excluding hydrogens is 713 g/mol. The van der Waals surface area contributed by atoms with Gasteiger partial charge in [-0.25, -0.2) is 0 Å². The van der Waals surface area contributed by atoms with Gasteiger partial charge < -0.3 is 9.47 Å². The van der Waals surface area contributed by atoms with E-state index in [0.717, 1.165) is 11.4 Å². The third kappa shape index (κ3) is 5.62. The summed E-state index contributed by atoms with van der Waals surface area (Å²) in [7, 11) is 0. The van der Waals surface area contributed by atoms with Crippen LogP contribution in [0.4, 0.5) is 17.1 Å². The molecule has 2 nitrogen and oxygen atoms in total. The van der Waals surface area contributed by atoms with Crippen molar-refractivity contribution >= 4 is 49.6 Å². The lowest BCUT2D eigenvalue weighted by molar-refractivity contribution is 0.660. The molecule has 1 heterocycles. The normalized spacial score (nSPS) is 12.9. The molecule has 2 heteroatoms. The summed E-state index contributed by atoms with van der Waals surface area (Å²) >= 11 is 0. The minimum absolute atomic E-state index is 0.259. The largest absolute Gasteiger partial charge is 0.310 e. The van der Waals surface area contributed by atoms with E-state index in [1.54, 1.807) is 0 Å². The van der Waals surface area contributed by atoms with Crippen LogP contribution in [0, 0.1) is 13.8 Å². The molecule has 11 rings (SSSR count). The maximum atomic E-state index is 2.48. The number of hydrogen-bond donors (Lipinski definition) is 0. The Kier molecular flexibility index (Phi) is 8.00. The van der Waals surface area contributed by atoms with Crippen LogP contribution in [0.2, 0.25) is 0 Å². The van der Waals surface area contributed by atoms with Crippen molar-refractivity contribution in [2.24, 2.45) is 0 Å². The number of aromatic nitrogens is 1. The van der Waals surface area contributed by atoms with E-state index in [1.165, 1.54) is 99.6 Å². The molecule has 282 valence electrons. The molecule has 0 N–H and O–H groups in total. The molecular formula is C57H44N2. The first-order valence-corrected chi connectivity index (χ1v) is 20.7. The van der Waals surface area contributed by atoms with Gasteiger partial charge in [-0.15, -0.1) is 0 Å². The summed E-state index contributed by atoms with van der Waals surface area (Å²) in [6.07, 6.45) is 0. The number of hydrogen-bond acceptors (Lipinski definition) is 1. The first-order valence-electron chi connectivity index (χ1n) is 20.7. The molecule has 10 aromatic rings. The Labute approximate surface area is 346 Å². The van der Waals surface area contributed by atoms with Crippen LogP contribution in [-0.4, -0.2) is 4.57 Å². The highest BCUT2D eigenvalue weighted by Gasteiger charge is 2.38. The lowest BCUT2D eigenvalue weighted by Gasteiger charge is -2.30. The fourth-order valence-electron chi connectivity index (χ4n) is 9.61. The molecule has 0 saturated heterocycles. The molecule has 1 aliphatic rings. The van der Waals surface area contributed by atoms with Gasteiger partial charge in [0.15, 0.2) is 0 Å². The molecule has 1 aromatic heterocycles. The van der Waals surface area contributed by atoms with Crippen LogP contribution in [0.15, 0.2) is 194 Å². The Balaban J connectivity index is 1.11. The van der Waals surface area contributed by atoms with Gasteiger partial charge in [-0.3, -0.25) is 0 Å². The fourth-order valence-corrected chi connectivity index (χ4v) is 9.61. The molecule has 0 unspecified atom stereocenters. The average molecular weight is 757 g/mol. The molecule has 0 atom stereocenters. The summed E-state index contributed by atoms with van der Waals surface area (Å²) in [5, 5.41) is 5.03. The molecule has 9 aromatic carbocycles. The van der Waals surface area contributed by atoms with Crippen LogP contribution in [0.3, 0.4) is 0 Å². The predicted molar refractivity (Wildman–Crippen MR) is 251 cm³/mol. The van der Waals surface area contributed by atoms with E-state index in [0.29, 0.717) is 0 Å². The Hall–Kier alpha value is -7.16. The van der Waals surface area contributed by atoms with Crippen molar-refractivity contribution in [2.75, 3.05) is 4.90 Å². The van der Waals surface area contributed by atoms with Gasteiger partial charge in [-0.2, -0.15) is 0 Å². The smallest absolute Gasteiger partial charge is 0.0543 e. The molecule has 0 spiro atoms. The number of fused-ring (bicyclic) bond motifs is 8. The van der Waals surface area contributed by atoms with Crippen molar-refractivity contribution in [3.63, 3.8) is 0 Å². The first-order chi connectivity index (χ1) is 28.8. The van der Waals surface area contributed by atoms with Crippen LogP contribution in [0.1, 0.15) is 36.1 Å². The van der Waals surface area contributed by atoms with E-state index in [4.69, 9.17) is 0 Å². The summed E-state index contributed by atoms with van der Waals surface area (Å²) < 4.78 is 2.48. The van der Waals surface area contributed by atoms with Crippen LogP contribution in [0.5, 0.6) is 0 Å². The Morgan fingerprint density at radius 3 is 1.46 bits per heavy atom. The fraction of sp³-hybridized carbons (Fsp3) is 0.0877. The Bertz CT molecular complexity index is 3080. The van der Waals surface area contributed by atoms with E-state index >= 15 is 0 Å². The SMILES string of the molecule is Cc1ccc(N(c2ccc(C)cc2)c2cc3c(c4ccccc24)-c2ccc(-n4c5ccc(-c6ccccc6)cc5c5cc(-c6ccccc6)ccc54)cc2C3(C)C)cc1. The van der Waals surface area contributed by atoms with Crippen molar-refractivity contribution in [1.29, 1.82) is 0 Å².